The summed E-state index contributed by atoms with van der Waals surface area (Å²) in [6.45, 7) is 6.22. The van der Waals surface area contributed by atoms with Gasteiger partial charge in [-0.25, -0.2) is 0 Å². The van der Waals surface area contributed by atoms with Gasteiger partial charge in [-0.1, -0.05) is 0 Å². The summed E-state index contributed by atoms with van der Waals surface area (Å²) in [6.07, 6.45) is 2.97. The van der Waals surface area contributed by atoms with Gasteiger partial charge in [0.05, 0.1) is 13.0 Å². The first-order valence-corrected chi connectivity index (χ1v) is 6.41. The van der Waals surface area contributed by atoms with E-state index in [0.29, 0.717) is 31.6 Å². The molecule has 2 heterocycles. The van der Waals surface area contributed by atoms with Gasteiger partial charge >= 0.3 is 0 Å². The lowest BCUT2D eigenvalue weighted by Crippen LogP contribution is -2.48. The maximum Gasteiger partial charge on any atom is 0.225 e. The lowest BCUT2D eigenvalue weighted by molar-refractivity contribution is -0.136. The van der Waals surface area contributed by atoms with E-state index in [1.807, 2.05) is 6.92 Å². The number of carbonyl (C=O) groups is 1. The van der Waals surface area contributed by atoms with Crippen LogP contribution in [0.5, 0.6) is 0 Å². The Balaban J connectivity index is 1.84. The fourth-order valence-electron chi connectivity index (χ4n) is 2.83. The molecule has 92 valence electrons. The van der Waals surface area contributed by atoms with Gasteiger partial charge in [0.2, 0.25) is 5.91 Å². The number of nitrogens with one attached hydrogen (secondary N) is 1. The first kappa shape index (κ1) is 11.9. The van der Waals surface area contributed by atoms with E-state index in [1.54, 1.807) is 0 Å². The van der Waals surface area contributed by atoms with Crippen molar-refractivity contribution in [2.24, 2.45) is 5.92 Å². The van der Waals surface area contributed by atoms with Gasteiger partial charge in [0.1, 0.15) is 0 Å². The molecule has 2 rings (SSSR count). The highest BCUT2D eigenvalue weighted by Crippen LogP contribution is 2.26. The zero-order chi connectivity index (χ0) is 11.4. The number of fused-ring (bicyclic) bond motifs is 1. The number of hydrogen-bond acceptors (Lipinski definition) is 3. The van der Waals surface area contributed by atoms with Crippen LogP contribution in [0, 0.1) is 5.92 Å². The molecule has 0 aromatic rings. The maximum absolute atomic E-state index is 12.0. The van der Waals surface area contributed by atoms with Crippen LogP contribution in [0.2, 0.25) is 0 Å². The molecule has 0 spiro atoms. The quantitative estimate of drug-likeness (QED) is 0.715. The molecule has 4 heteroatoms. The van der Waals surface area contributed by atoms with E-state index in [2.05, 4.69) is 10.2 Å². The lowest BCUT2D eigenvalue weighted by atomic mass is 9.92. The lowest BCUT2D eigenvalue weighted by Gasteiger charge is -2.37. The predicted molar refractivity (Wildman–Crippen MR) is 62.2 cm³/mol. The van der Waals surface area contributed by atoms with E-state index >= 15 is 0 Å². The number of piperidine rings is 1. The average Bonchev–Trinajstić information content (AvgIpc) is 2.76. The molecule has 2 aliphatic heterocycles. The van der Waals surface area contributed by atoms with Gasteiger partial charge < -0.3 is 15.0 Å². The Labute approximate surface area is 97.3 Å². The third-order valence-corrected chi connectivity index (χ3v) is 3.66. The molecule has 0 aromatic heterocycles. The van der Waals surface area contributed by atoms with Gasteiger partial charge in [-0.3, -0.25) is 4.79 Å². The van der Waals surface area contributed by atoms with Gasteiger partial charge in [0.25, 0.3) is 0 Å². The molecule has 2 unspecified atom stereocenters. The Morgan fingerprint density at radius 2 is 2.38 bits per heavy atom. The monoisotopic (exact) mass is 226 g/mol. The van der Waals surface area contributed by atoms with E-state index in [9.17, 15) is 4.79 Å². The van der Waals surface area contributed by atoms with Crippen molar-refractivity contribution in [3.8, 4) is 0 Å². The number of nitrogens with zero attached hydrogens (tertiary/aromatic N) is 1. The smallest absolute Gasteiger partial charge is 0.225 e. The minimum atomic E-state index is 0.270. The van der Waals surface area contributed by atoms with Crippen LogP contribution >= 0.6 is 0 Å². The summed E-state index contributed by atoms with van der Waals surface area (Å²) in [6, 6.07) is 0.447. The first-order valence-electron chi connectivity index (χ1n) is 6.41. The van der Waals surface area contributed by atoms with Gasteiger partial charge in [0, 0.05) is 32.3 Å². The van der Waals surface area contributed by atoms with E-state index in [-0.39, 0.29) is 5.91 Å². The Bertz CT molecular complexity index is 245. The standard InChI is InChI=1S/C12H22N2O2/c1-2-16-7-5-12(15)14-6-3-4-10-8-13-9-11(10)14/h10-11,13H,2-9H2,1H3. The third kappa shape index (κ3) is 2.55. The van der Waals surface area contributed by atoms with Crippen molar-refractivity contribution in [2.75, 3.05) is 32.8 Å². The molecule has 0 aromatic carbocycles. The average molecular weight is 226 g/mol. The van der Waals surface area contributed by atoms with E-state index in [1.165, 1.54) is 6.42 Å². The van der Waals surface area contributed by atoms with E-state index < -0.39 is 0 Å². The SMILES string of the molecule is CCOCCC(=O)N1CCCC2CNCC21. The molecule has 2 fully saturated rings. The van der Waals surface area contributed by atoms with Crippen LogP contribution in [0.4, 0.5) is 0 Å². The number of ether oxygens (including phenoxy) is 1. The highest BCUT2D eigenvalue weighted by molar-refractivity contribution is 5.76. The third-order valence-electron chi connectivity index (χ3n) is 3.66. The van der Waals surface area contributed by atoms with Crippen molar-refractivity contribution in [1.82, 2.24) is 10.2 Å². The minimum absolute atomic E-state index is 0.270. The molecule has 2 saturated heterocycles. The normalized spacial score (nSPS) is 29.2. The van der Waals surface area contributed by atoms with Crippen molar-refractivity contribution in [3.05, 3.63) is 0 Å². The Hall–Kier alpha value is -0.610. The molecule has 0 aliphatic carbocycles. The molecule has 2 atom stereocenters. The van der Waals surface area contributed by atoms with Crippen LogP contribution in [0.25, 0.3) is 0 Å². The van der Waals surface area contributed by atoms with Crippen LogP contribution in [0.3, 0.4) is 0 Å². The first-order chi connectivity index (χ1) is 7.83. The summed E-state index contributed by atoms with van der Waals surface area (Å²) >= 11 is 0. The summed E-state index contributed by atoms with van der Waals surface area (Å²) in [5.74, 6) is 0.955. The van der Waals surface area contributed by atoms with E-state index in [4.69, 9.17) is 4.74 Å². The molecule has 4 nitrogen and oxygen atoms in total. The molecule has 0 saturated carbocycles. The second kappa shape index (κ2) is 5.64. The predicted octanol–water partition coefficient (Wildman–Crippen LogP) is 0.623. The second-order valence-corrected chi connectivity index (χ2v) is 4.66. The number of hydrogen-bond donors (Lipinski definition) is 1. The number of amides is 1. The van der Waals surface area contributed by atoms with Crippen LogP contribution < -0.4 is 5.32 Å². The van der Waals surface area contributed by atoms with Crippen LogP contribution in [0.1, 0.15) is 26.2 Å². The van der Waals surface area contributed by atoms with Crippen molar-refractivity contribution < 1.29 is 9.53 Å². The molecule has 1 amide bonds. The van der Waals surface area contributed by atoms with Crippen LogP contribution in [0.15, 0.2) is 0 Å². The van der Waals surface area contributed by atoms with Gasteiger partial charge in [-0.15, -0.1) is 0 Å². The van der Waals surface area contributed by atoms with Crippen LogP contribution in [-0.2, 0) is 9.53 Å². The molecular formula is C12H22N2O2. The van der Waals surface area contributed by atoms with E-state index in [0.717, 1.165) is 26.1 Å². The highest BCUT2D eigenvalue weighted by Gasteiger charge is 2.36. The molecule has 0 radical (unpaired) electrons. The van der Waals surface area contributed by atoms with Crippen molar-refractivity contribution in [2.45, 2.75) is 32.2 Å². The number of likely N-dealkylation sites (tertiary alicyclic amines) is 1. The van der Waals surface area contributed by atoms with Crippen LogP contribution in [-0.4, -0.2) is 49.7 Å². The largest absolute Gasteiger partial charge is 0.381 e. The summed E-state index contributed by atoms with van der Waals surface area (Å²) in [5, 5.41) is 3.39. The summed E-state index contributed by atoms with van der Waals surface area (Å²) in [4.78, 5) is 14.1. The van der Waals surface area contributed by atoms with Crippen molar-refractivity contribution in [3.63, 3.8) is 0 Å². The van der Waals surface area contributed by atoms with Crippen molar-refractivity contribution in [1.29, 1.82) is 0 Å². The zero-order valence-corrected chi connectivity index (χ0v) is 10.1. The molecule has 1 N–H and O–H groups in total. The Kier molecular flexibility index (Phi) is 4.18. The van der Waals surface area contributed by atoms with Gasteiger partial charge in [-0.05, 0) is 25.7 Å². The second-order valence-electron chi connectivity index (χ2n) is 4.66. The molecule has 0 bridgehead atoms. The zero-order valence-electron chi connectivity index (χ0n) is 10.1. The number of rotatable bonds is 4. The Morgan fingerprint density at radius 1 is 1.50 bits per heavy atom. The molecule has 2 aliphatic rings. The minimum Gasteiger partial charge on any atom is -0.381 e. The Morgan fingerprint density at radius 3 is 3.19 bits per heavy atom. The summed E-state index contributed by atoms with van der Waals surface area (Å²) in [5.41, 5.74) is 0. The summed E-state index contributed by atoms with van der Waals surface area (Å²) in [7, 11) is 0. The van der Waals surface area contributed by atoms with Gasteiger partial charge in [-0.2, -0.15) is 0 Å². The highest BCUT2D eigenvalue weighted by atomic mass is 16.5. The summed E-state index contributed by atoms with van der Waals surface area (Å²) < 4.78 is 5.24. The van der Waals surface area contributed by atoms with Crippen molar-refractivity contribution >= 4 is 5.91 Å². The fraction of sp³-hybridized carbons (Fsp3) is 0.917. The molecule has 16 heavy (non-hydrogen) atoms. The topological polar surface area (TPSA) is 41.6 Å². The molecular weight excluding hydrogens is 204 g/mol. The van der Waals surface area contributed by atoms with Gasteiger partial charge in [0.15, 0.2) is 0 Å². The fourth-order valence-corrected chi connectivity index (χ4v) is 2.83. The maximum atomic E-state index is 12.0. The number of carbonyl (C=O) groups excluding carboxylic acids is 1.